The Balaban J connectivity index is 2.65. The number of anilines is 1. The molecule has 1 aromatic heterocycles. The molecule has 0 saturated carbocycles. The van der Waals surface area contributed by atoms with Gasteiger partial charge >= 0.3 is 0 Å². The van der Waals surface area contributed by atoms with Crippen LogP contribution in [0.3, 0.4) is 0 Å². The zero-order valence-corrected chi connectivity index (χ0v) is 10.1. The van der Waals surface area contributed by atoms with E-state index in [4.69, 9.17) is 4.74 Å². The zero-order valence-electron chi connectivity index (χ0n) is 9.24. The van der Waals surface area contributed by atoms with Crippen molar-refractivity contribution >= 4 is 16.5 Å². The fourth-order valence-electron chi connectivity index (χ4n) is 1.18. The number of pyridine rings is 1. The third kappa shape index (κ3) is 3.87. The van der Waals surface area contributed by atoms with Gasteiger partial charge in [-0.1, -0.05) is 0 Å². The second-order valence-electron chi connectivity index (χ2n) is 3.23. The Labute approximate surface area is 92.5 Å². The second kappa shape index (κ2) is 5.70. The van der Waals surface area contributed by atoms with Crippen LogP contribution in [-0.4, -0.2) is 34.9 Å². The minimum Gasteiger partial charge on any atom is -0.493 e. The van der Waals surface area contributed by atoms with Gasteiger partial charge in [0, 0.05) is 35.0 Å². The van der Waals surface area contributed by atoms with Gasteiger partial charge in [0.05, 0.1) is 19.0 Å². The molecule has 0 radical (unpaired) electrons. The van der Waals surface area contributed by atoms with E-state index in [0.717, 1.165) is 11.4 Å². The number of nitrogens with zero attached hydrogens (tertiary/aromatic N) is 1. The van der Waals surface area contributed by atoms with Crippen molar-refractivity contribution in [3.05, 3.63) is 18.0 Å². The molecule has 1 N–H and O–H groups in total. The lowest BCUT2D eigenvalue weighted by Crippen LogP contribution is -2.10. The van der Waals surface area contributed by atoms with Crippen LogP contribution in [0, 0.1) is 6.92 Å². The molecule has 0 amide bonds. The second-order valence-corrected chi connectivity index (χ2v) is 4.78. The number of nitrogens with one attached hydrogen (secondary N) is 1. The molecule has 1 atom stereocenters. The van der Waals surface area contributed by atoms with Gasteiger partial charge in [-0.05, 0) is 13.0 Å². The summed E-state index contributed by atoms with van der Waals surface area (Å²) in [4.78, 5) is 4.13. The maximum atomic E-state index is 10.9. The summed E-state index contributed by atoms with van der Waals surface area (Å²) < 4.78 is 16.0. The highest BCUT2D eigenvalue weighted by molar-refractivity contribution is 7.84. The van der Waals surface area contributed by atoms with Crippen LogP contribution in [0.2, 0.25) is 0 Å². The van der Waals surface area contributed by atoms with Gasteiger partial charge in [0.2, 0.25) is 0 Å². The van der Waals surface area contributed by atoms with E-state index in [1.165, 1.54) is 0 Å². The highest BCUT2D eigenvalue weighted by Gasteiger charge is 2.03. The van der Waals surface area contributed by atoms with Gasteiger partial charge in [-0.2, -0.15) is 0 Å². The van der Waals surface area contributed by atoms with Crippen LogP contribution in [0.25, 0.3) is 0 Å². The largest absolute Gasteiger partial charge is 0.493 e. The van der Waals surface area contributed by atoms with Gasteiger partial charge < -0.3 is 10.1 Å². The Morgan fingerprint density at radius 2 is 2.33 bits per heavy atom. The van der Waals surface area contributed by atoms with Crippen LogP contribution in [-0.2, 0) is 10.8 Å². The van der Waals surface area contributed by atoms with E-state index >= 15 is 0 Å². The van der Waals surface area contributed by atoms with Crippen LogP contribution >= 0.6 is 0 Å². The van der Waals surface area contributed by atoms with Gasteiger partial charge in [0.15, 0.2) is 5.75 Å². The van der Waals surface area contributed by atoms with E-state index in [1.54, 1.807) is 19.6 Å². The molecule has 0 bridgehead atoms. The molecule has 4 nitrogen and oxygen atoms in total. The molecule has 0 aromatic carbocycles. The smallest absolute Gasteiger partial charge is 0.160 e. The van der Waals surface area contributed by atoms with Gasteiger partial charge in [0.25, 0.3) is 0 Å². The molecule has 1 aromatic rings. The maximum absolute atomic E-state index is 10.9. The number of aromatic nitrogens is 1. The van der Waals surface area contributed by atoms with Crippen molar-refractivity contribution in [2.45, 2.75) is 6.92 Å². The Morgan fingerprint density at radius 1 is 1.60 bits per heavy atom. The topological polar surface area (TPSA) is 51.2 Å². The van der Waals surface area contributed by atoms with E-state index in [1.807, 2.05) is 13.0 Å². The van der Waals surface area contributed by atoms with Gasteiger partial charge in [-0.3, -0.25) is 9.19 Å². The Kier molecular flexibility index (Phi) is 4.55. The molecule has 84 valence electrons. The molecule has 0 aliphatic carbocycles. The minimum absolute atomic E-state index is 0.629. The van der Waals surface area contributed by atoms with E-state index in [9.17, 15) is 4.21 Å². The van der Waals surface area contributed by atoms with Crippen LogP contribution in [0.4, 0.5) is 5.69 Å². The standard InChI is InChI=1S/C10H16N2O2S/c1-8-6-9(10(14-2)7-12-8)11-4-5-15(3)13/h6-7H,4-5H2,1-3H3,(H,11,12). The molecule has 15 heavy (non-hydrogen) atoms. The number of hydrogen-bond donors (Lipinski definition) is 1. The molecule has 1 heterocycles. The molecule has 1 rings (SSSR count). The fourth-order valence-corrected chi connectivity index (χ4v) is 1.57. The number of methoxy groups -OCH3 is 1. The number of hydrogen-bond acceptors (Lipinski definition) is 4. The first-order valence-electron chi connectivity index (χ1n) is 4.68. The van der Waals surface area contributed by atoms with Crippen molar-refractivity contribution < 1.29 is 8.95 Å². The predicted octanol–water partition coefficient (Wildman–Crippen LogP) is 1.19. The molecule has 0 fully saturated rings. The summed E-state index contributed by atoms with van der Waals surface area (Å²) in [7, 11) is 0.835. The van der Waals surface area contributed by atoms with Crippen LogP contribution in [0.5, 0.6) is 5.75 Å². The summed E-state index contributed by atoms with van der Waals surface area (Å²) in [5.41, 5.74) is 1.83. The van der Waals surface area contributed by atoms with E-state index in [-0.39, 0.29) is 0 Å². The number of ether oxygens (including phenoxy) is 1. The van der Waals surface area contributed by atoms with Crippen LogP contribution in [0.15, 0.2) is 12.3 Å². The van der Waals surface area contributed by atoms with Crippen LogP contribution < -0.4 is 10.1 Å². The van der Waals surface area contributed by atoms with Crippen molar-refractivity contribution in [1.29, 1.82) is 0 Å². The summed E-state index contributed by atoms with van der Waals surface area (Å²) in [6, 6.07) is 1.91. The molecular weight excluding hydrogens is 212 g/mol. The quantitative estimate of drug-likeness (QED) is 0.822. The van der Waals surface area contributed by atoms with E-state index in [2.05, 4.69) is 10.3 Å². The minimum atomic E-state index is -0.772. The summed E-state index contributed by atoms with van der Waals surface area (Å²) in [6.07, 6.45) is 3.37. The maximum Gasteiger partial charge on any atom is 0.160 e. The van der Waals surface area contributed by atoms with Crippen molar-refractivity contribution in [2.24, 2.45) is 0 Å². The molecule has 0 aliphatic heterocycles. The first kappa shape index (κ1) is 12.0. The molecule has 1 unspecified atom stereocenters. The third-order valence-electron chi connectivity index (χ3n) is 1.93. The predicted molar refractivity (Wildman–Crippen MR) is 62.9 cm³/mol. The number of rotatable bonds is 5. The Hall–Kier alpha value is -1.10. The molecule has 5 heteroatoms. The van der Waals surface area contributed by atoms with E-state index < -0.39 is 10.8 Å². The highest BCUT2D eigenvalue weighted by atomic mass is 32.2. The van der Waals surface area contributed by atoms with Gasteiger partial charge in [0.1, 0.15) is 0 Å². The Bertz CT molecular complexity index is 355. The van der Waals surface area contributed by atoms with Crippen LogP contribution in [0.1, 0.15) is 5.69 Å². The fraction of sp³-hybridized carbons (Fsp3) is 0.500. The van der Waals surface area contributed by atoms with Crippen molar-refractivity contribution in [3.63, 3.8) is 0 Å². The van der Waals surface area contributed by atoms with Gasteiger partial charge in [-0.15, -0.1) is 0 Å². The molecular formula is C10H16N2O2S. The highest BCUT2D eigenvalue weighted by Crippen LogP contribution is 2.22. The number of aryl methyl sites for hydroxylation is 1. The summed E-state index contributed by atoms with van der Waals surface area (Å²) in [5, 5.41) is 3.18. The average molecular weight is 228 g/mol. The van der Waals surface area contributed by atoms with Gasteiger partial charge in [-0.25, -0.2) is 0 Å². The Morgan fingerprint density at radius 3 is 2.93 bits per heavy atom. The normalized spacial score (nSPS) is 12.2. The molecule has 0 aliphatic rings. The van der Waals surface area contributed by atoms with Crippen molar-refractivity contribution in [1.82, 2.24) is 4.98 Å². The third-order valence-corrected chi connectivity index (χ3v) is 2.71. The first-order chi connectivity index (χ1) is 7.13. The lowest BCUT2D eigenvalue weighted by atomic mass is 10.3. The van der Waals surface area contributed by atoms with E-state index in [0.29, 0.717) is 18.0 Å². The summed E-state index contributed by atoms with van der Waals surface area (Å²) in [5.74, 6) is 1.34. The lowest BCUT2D eigenvalue weighted by Gasteiger charge is -2.10. The molecule has 0 spiro atoms. The molecule has 0 saturated heterocycles. The summed E-state index contributed by atoms with van der Waals surface area (Å²) in [6.45, 7) is 2.59. The van der Waals surface area contributed by atoms with Crippen molar-refractivity contribution in [2.75, 3.05) is 31.0 Å². The average Bonchev–Trinajstić information content (AvgIpc) is 2.17. The lowest BCUT2D eigenvalue weighted by molar-refractivity contribution is 0.414. The summed E-state index contributed by atoms with van der Waals surface area (Å²) >= 11 is 0. The monoisotopic (exact) mass is 228 g/mol. The zero-order chi connectivity index (χ0) is 11.3. The SMILES string of the molecule is COc1cnc(C)cc1NCCS(C)=O. The van der Waals surface area contributed by atoms with Crippen molar-refractivity contribution in [3.8, 4) is 5.75 Å². The first-order valence-corrected chi connectivity index (χ1v) is 6.40.